The lowest BCUT2D eigenvalue weighted by Gasteiger charge is -2.40. The number of nitrogens with one attached hydrogen (secondary N) is 1. The van der Waals surface area contributed by atoms with Crippen LogP contribution in [0.3, 0.4) is 0 Å². The van der Waals surface area contributed by atoms with Crippen LogP contribution in [0.25, 0.3) is 0 Å². The maximum Gasteiger partial charge on any atom is 0.220 e. The van der Waals surface area contributed by atoms with E-state index in [1.165, 1.54) is 212 Å². The Bertz CT molecular complexity index is 1160. The predicted molar refractivity (Wildman–Crippen MR) is 286 cm³/mol. The van der Waals surface area contributed by atoms with E-state index >= 15 is 0 Å². The maximum atomic E-state index is 13.0. The molecule has 1 amide bonds. The summed E-state index contributed by atoms with van der Waals surface area (Å²) in [6.07, 6.45) is 56.6. The van der Waals surface area contributed by atoms with Crippen molar-refractivity contribution in [3.63, 3.8) is 0 Å². The Morgan fingerprint density at radius 3 is 1.24 bits per heavy atom. The van der Waals surface area contributed by atoms with Gasteiger partial charge in [-0.2, -0.15) is 0 Å². The maximum absolute atomic E-state index is 13.0. The third-order valence-corrected chi connectivity index (χ3v) is 13.9. The second-order valence-corrected chi connectivity index (χ2v) is 20.4. The zero-order chi connectivity index (χ0) is 49.4. The Kier molecular flexibility index (Phi) is 46.4. The molecule has 9 nitrogen and oxygen atoms in total. The minimum absolute atomic E-state index is 0.188. The molecule has 6 N–H and O–H groups in total. The van der Waals surface area contributed by atoms with Crippen LogP contribution in [0.4, 0.5) is 0 Å². The van der Waals surface area contributed by atoms with E-state index < -0.39 is 49.5 Å². The highest BCUT2D eigenvalue weighted by molar-refractivity contribution is 5.76. The van der Waals surface area contributed by atoms with Crippen LogP contribution in [0.15, 0.2) is 36.5 Å². The van der Waals surface area contributed by atoms with E-state index in [0.29, 0.717) is 6.42 Å². The summed E-state index contributed by atoms with van der Waals surface area (Å²) in [4.78, 5) is 13.0. The van der Waals surface area contributed by atoms with E-state index in [-0.39, 0.29) is 12.5 Å². The van der Waals surface area contributed by atoms with Gasteiger partial charge in [-0.3, -0.25) is 4.79 Å². The van der Waals surface area contributed by atoms with E-state index in [0.717, 1.165) is 44.9 Å². The highest BCUT2D eigenvalue weighted by Gasteiger charge is 2.44. The average molecular weight is 963 g/mol. The zero-order valence-electron chi connectivity index (χ0n) is 44.4. The summed E-state index contributed by atoms with van der Waals surface area (Å²) < 4.78 is 11.2. The molecular weight excluding hydrogens is 851 g/mol. The first kappa shape index (κ1) is 64.4. The molecule has 7 unspecified atom stereocenters. The molecule has 7 atom stereocenters. The summed E-state index contributed by atoms with van der Waals surface area (Å²) in [5, 5.41) is 54.4. The van der Waals surface area contributed by atoms with Gasteiger partial charge in [-0.25, -0.2) is 0 Å². The first-order chi connectivity index (χ1) is 33.3. The number of hydrogen-bond donors (Lipinski definition) is 6. The van der Waals surface area contributed by atoms with Crippen LogP contribution in [-0.2, 0) is 14.3 Å². The van der Waals surface area contributed by atoms with Crippen molar-refractivity contribution in [3.8, 4) is 0 Å². The second kappa shape index (κ2) is 49.0. The first-order valence-corrected chi connectivity index (χ1v) is 29.2. The molecule has 0 radical (unpaired) electrons. The molecule has 1 rings (SSSR count). The summed E-state index contributed by atoms with van der Waals surface area (Å²) >= 11 is 0. The smallest absolute Gasteiger partial charge is 0.220 e. The lowest BCUT2D eigenvalue weighted by atomic mass is 9.99. The van der Waals surface area contributed by atoms with Gasteiger partial charge >= 0.3 is 0 Å². The van der Waals surface area contributed by atoms with Crippen LogP contribution in [0.2, 0.25) is 0 Å². The number of allylic oxidation sites excluding steroid dienone is 5. The summed E-state index contributed by atoms with van der Waals surface area (Å²) in [7, 11) is 0. The molecule has 400 valence electrons. The van der Waals surface area contributed by atoms with Crippen LogP contribution in [-0.4, -0.2) is 87.5 Å². The van der Waals surface area contributed by atoms with Crippen molar-refractivity contribution in [3.05, 3.63) is 36.5 Å². The third-order valence-electron chi connectivity index (χ3n) is 13.9. The van der Waals surface area contributed by atoms with Gasteiger partial charge in [-0.15, -0.1) is 0 Å². The molecule has 0 aliphatic carbocycles. The number of aliphatic hydroxyl groups is 5. The van der Waals surface area contributed by atoms with E-state index in [1.54, 1.807) is 6.08 Å². The van der Waals surface area contributed by atoms with Crippen molar-refractivity contribution in [1.82, 2.24) is 5.32 Å². The lowest BCUT2D eigenvalue weighted by Crippen LogP contribution is -2.60. The van der Waals surface area contributed by atoms with Crippen molar-refractivity contribution in [1.29, 1.82) is 0 Å². The summed E-state index contributed by atoms with van der Waals surface area (Å²) in [5.74, 6) is -0.188. The van der Waals surface area contributed by atoms with Gasteiger partial charge < -0.3 is 40.3 Å². The summed E-state index contributed by atoms with van der Waals surface area (Å²) in [6.45, 7) is 3.78. The minimum atomic E-state index is -1.57. The van der Waals surface area contributed by atoms with Crippen LogP contribution >= 0.6 is 0 Å². The van der Waals surface area contributed by atoms with Gasteiger partial charge in [0.2, 0.25) is 5.91 Å². The molecule has 0 aromatic rings. The second-order valence-electron chi connectivity index (χ2n) is 20.4. The Balaban J connectivity index is 2.20. The normalized spacial score (nSPS) is 19.8. The Morgan fingerprint density at radius 2 is 0.838 bits per heavy atom. The topological polar surface area (TPSA) is 149 Å². The molecule has 0 bridgehead atoms. The van der Waals surface area contributed by atoms with E-state index in [1.807, 2.05) is 6.08 Å². The fourth-order valence-electron chi connectivity index (χ4n) is 9.31. The van der Waals surface area contributed by atoms with Gasteiger partial charge in [0.05, 0.1) is 25.4 Å². The lowest BCUT2D eigenvalue weighted by molar-refractivity contribution is -0.302. The van der Waals surface area contributed by atoms with Crippen LogP contribution < -0.4 is 5.32 Å². The highest BCUT2D eigenvalue weighted by Crippen LogP contribution is 2.23. The van der Waals surface area contributed by atoms with Crippen LogP contribution in [0, 0.1) is 0 Å². The number of hydrogen-bond acceptors (Lipinski definition) is 8. The fraction of sp³-hybridized carbons (Fsp3) is 0.881. The van der Waals surface area contributed by atoms with Gasteiger partial charge in [0.25, 0.3) is 0 Å². The number of carbonyl (C=O) groups excluding carboxylic acids is 1. The molecule has 9 heteroatoms. The quantitative estimate of drug-likeness (QED) is 0.0261. The van der Waals surface area contributed by atoms with E-state index in [9.17, 15) is 30.3 Å². The number of ether oxygens (including phenoxy) is 2. The molecular formula is C59H111NO8. The van der Waals surface area contributed by atoms with Gasteiger partial charge in [0, 0.05) is 6.42 Å². The van der Waals surface area contributed by atoms with Crippen LogP contribution in [0.5, 0.6) is 0 Å². The molecule has 1 saturated heterocycles. The number of rotatable bonds is 50. The predicted octanol–water partition coefficient (Wildman–Crippen LogP) is 14.4. The highest BCUT2D eigenvalue weighted by atomic mass is 16.7. The standard InChI is InChI=1S/C59H111NO8/c1-3-5-7-9-11-13-15-17-19-20-21-22-23-24-25-26-27-28-29-30-31-32-33-34-35-36-38-40-42-44-46-48-53(62)52(51-67-59-58(66)57(65)56(64)54(50-61)68-59)60-55(63)49-47-45-43-41-39-37-18-16-14-12-10-8-6-4-2/h33-34,38,40,46,48,52-54,56-59,61-62,64-66H,3-32,35-37,39,41-45,47,49-51H2,1-2H3,(H,60,63)/b34-33+,40-38+,48-46+. The first-order valence-electron chi connectivity index (χ1n) is 29.2. The SMILES string of the molecule is CCCCCCCCCCCCCCCCCCCCCCC/C=C/CC/C=C/CC/C=C/C(O)C(COC1OC(CO)C(O)C(O)C1O)NC(=O)CCCCCCCCCCCCCCCC. The third kappa shape index (κ3) is 38.1. The fourth-order valence-corrected chi connectivity index (χ4v) is 9.31. The van der Waals surface area contributed by atoms with Gasteiger partial charge in [-0.1, -0.05) is 262 Å². The number of unbranched alkanes of at least 4 members (excludes halogenated alkanes) is 36. The summed E-state index contributed by atoms with van der Waals surface area (Å²) in [6, 6.07) is -0.825. The molecule has 1 aliphatic heterocycles. The Labute approximate surface area is 419 Å². The van der Waals surface area contributed by atoms with Gasteiger partial charge in [0.15, 0.2) is 6.29 Å². The Morgan fingerprint density at radius 1 is 0.485 bits per heavy atom. The average Bonchev–Trinajstić information content (AvgIpc) is 3.34. The van der Waals surface area contributed by atoms with Gasteiger partial charge in [0.1, 0.15) is 24.4 Å². The largest absolute Gasteiger partial charge is 0.394 e. The molecule has 0 spiro atoms. The number of aliphatic hydroxyl groups excluding tert-OH is 5. The Hall–Kier alpha value is -1.59. The van der Waals surface area contributed by atoms with Crippen molar-refractivity contribution >= 4 is 5.91 Å². The molecule has 1 heterocycles. The molecule has 0 saturated carbocycles. The minimum Gasteiger partial charge on any atom is -0.394 e. The molecule has 1 fully saturated rings. The van der Waals surface area contributed by atoms with E-state index in [4.69, 9.17) is 9.47 Å². The van der Waals surface area contributed by atoms with Crippen molar-refractivity contribution in [2.24, 2.45) is 0 Å². The molecule has 0 aromatic heterocycles. The number of amides is 1. The molecule has 68 heavy (non-hydrogen) atoms. The summed E-state index contributed by atoms with van der Waals surface area (Å²) in [5.41, 5.74) is 0. The van der Waals surface area contributed by atoms with Crippen LogP contribution in [0.1, 0.15) is 277 Å². The monoisotopic (exact) mass is 962 g/mol. The van der Waals surface area contributed by atoms with Gasteiger partial charge in [-0.05, 0) is 44.9 Å². The van der Waals surface area contributed by atoms with Crippen molar-refractivity contribution in [2.75, 3.05) is 13.2 Å². The molecule has 0 aromatic carbocycles. The number of carbonyl (C=O) groups is 1. The zero-order valence-corrected chi connectivity index (χ0v) is 44.4. The van der Waals surface area contributed by atoms with Crippen molar-refractivity contribution < 1.29 is 39.8 Å². The van der Waals surface area contributed by atoms with E-state index in [2.05, 4.69) is 43.5 Å². The van der Waals surface area contributed by atoms with Crippen molar-refractivity contribution in [2.45, 2.75) is 320 Å². The molecule has 1 aliphatic rings.